The molecule has 1 aromatic carbocycles. The minimum atomic E-state index is -1.08. The number of hydrogen-bond donors (Lipinski definition) is 0. The molecule has 0 N–H and O–H groups in total. The smallest absolute Gasteiger partial charge is 0.201 e. The molecule has 10 heteroatoms. The molecule has 0 spiro atoms. The molecule has 8 nitrogen and oxygen atoms in total. The molecule has 0 bridgehead atoms. The molecule has 0 amide bonds. The van der Waals surface area contributed by atoms with Gasteiger partial charge in [0, 0.05) is 12.7 Å². The predicted molar refractivity (Wildman–Crippen MR) is 110 cm³/mol. The second-order valence-corrected chi connectivity index (χ2v) is 8.25. The number of fused-ring (bicyclic) bond motifs is 1. The zero-order chi connectivity index (χ0) is 23.0. The second kappa shape index (κ2) is 8.86. The Morgan fingerprint density at radius 3 is 2.75 bits per heavy atom. The van der Waals surface area contributed by atoms with Crippen LogP contribution in [0, 0.1) is 11.6 Å². The van der Waals surface area contributed by atoms with Crippen LogP contribution in [-0.4, -0.2) is 66.0 Å². The van der Waals surface area contributed by atoms with Gasteiger partial charge in [-0.25, -0.2) is 9.07 Å². The number of benzene rings is 1. The van der Waals surface area contributed by atoms with Gasteiger partial charge in [-0.3, -0.25) is 0 Å². The van der Waals surface area contributed by atoms with E-state index >= 15 is 0 Å². The maximum absolute atomic E-state index is 14.6. The third-order valence-corrected chi connectivity index (χ3v) is 5.80. The molecule has 0 radical (unpaired) electrons. The Bertz CT molecular complexity index is 982. The molecule has 5 atom stereocenters. The molecule has 2 aliphatic rings. The van der Waals surface area contributed by atoms with Gasteiger partial charge in [-0.15, -0.1) is 11.7 Å². The average Bonchev–Trinajstić information content (AvgIpc) is 3.24. The van der Waals surface area contributed by atoms with Gasteiger partial charge in [0.2, 0.25) is 5.82 Å². The Labute approximate surface area is 185 Å². The SMILES string of the molecule is C=CC[C@H]1O[C@@H]2COC(C)(C)O[C@@H]2[C@H](n2cc(-c3ccc(OC)c(F)c3F)nn2)[C@H]1OC. The van der Waals surface area contributed by atoms with Crippen LogP contribution in [0.3, 0.4) is 0 Å². The van der Waals surface area contributed by atoms with Gasteiger partial charge in [0.05, 0.1) is 26.0 Å². The van der Waals surface area contributed by atoms with Gasteiger partial charge in [0.1, 0.15) is 30.0 Å². The van der Waals surface area contributed by atoms with E-state index in [1.54, 1.807) is 24.1 Å². The lowest BCUT2D eigenvalue weighted by Gasteiger charge is -2.51. The molecule has 174 valence electrons. The number of hydrogen-bond acceptors (Lipinski definition) is 7. The van der Waals surface area contributed by atoms with E-state index in [1.165, 1.54) is 19.2 Å². The molecule has 32 heavy (non-hydrogen) atoms. The van der Waals surface area contributed by atoms with Crippen molar-refractivity contribution in [1.82, 2.24) is 15.0 Å². The first kappa shape index (κ1) is 22.8. The highest BCUT2D eigenvalue weighted by Gasteiger charge is 2.52. The number of rotatable bonds is 6. The molecular formula is C22H27F2N3O5. The van der Waals surface area contributed by atoms with Crippen molar-refractivity contribution >= 4 is 0 Å². The molecule has 4 rings (SSSR count). The van der Waals surface area contributed by atoms with Crippen LogP contribution in [0.4, 0.5) is 8.78 Å². The monoisotopic (exact) mass is 451 g/mol. The molecule has 1 aromatic heterocycles. The third-order valence-electron chi connectivity index (χ3n) is 5.80. The van der Waals surface area contributed by atoms with E-state index in [4.69, 9.17) is 23.7 Å². The number of aromatic nitrogens is 3. The van der Waals surface area contributed by atoms with Crippen molar-refractivity contribution < 1.29 is 32.5 Å². The summed E-state index contributed by atoms with van der Waals surface area (Å²) in [6.07, 6.45) is 2.26. The topological polar surface area (TPSA) is 76.9 Å². The largest absolute Gasteiger partial charge is 0.494 e. The van der Waals surface area contributed by atoms with Crippen LogP contribution in [0.1, 0.15) is 26.3 Å². The first-order chi connectivity index (χ1) is 15.3. The summed E-state index contributed by atoms with van der Waals surface area (Å²) < 4.78 is 59.2. The quantitative estimate of drug-likeness (QED) is 0.624. The third kappa shape index (κ3) is 4.03. The van der Waals surface area contributed by atoms with Crippen molar-refractivity contribution in [2.24, 2.45) is 0 Å². The molecule has 2 aromatic rings. The normalized spacial score (nSPS) is 29.4. The van der Waals surface area contributed by atoms with Crippen LogP contribution in [0.15, 0.2) is 31.0 Å². The van der Waals surface area contributed by atoms with Crippen LogP contribution >= 0.6 is 0 Å². The van der Waals surface area contributed by atoms with Crippen LogP contribution in [-0.2, 0) is 18.9 Å². The summed E-state index contributed by atoms with van der Waals surface area (Å²) in [7, 11) is 2.85. The first-order valence-electron chi connectivity index (χ1n) is 10.3. The highest BCUT2D eigenvalue weighted by molar-refractivity contribution is 5.60. The fourth-order valence-electron chi connectivity index (χ4n) is 4.31. The van der Waals surface area contributed by atoms with Crippen molar-refractivity contribution in [2.45, 2.75) is 56.5 Å². The summed E-state index contributed by atoms with van der Waals surface area (Å²) in [5.41, 5.74) is 0.150. The summed E-state index contributed by atoms with van der Waals surface area (Å²) in [4.78, 5) is 0. The molecule has 3 heterocycles. The van der Waals surface area contributed by atoms with E-state index in [0.717, 1.165) is 0 Å². The Balaban J connectivity index is 1.73. The van der Waals surface area contributed by atoms with Crippen molar-refractivity contribution in [3.05, 3.63) is 42.6 Å². The first-order valence-corrected chi connectivity index (χ1v) is 10.3. The Morgan fingerprint density at radius 1 is 1.28 bits per heavy atom. The lowest BCUT2D eigenvalue weighted by atomic mass is 9.90. The van der Waals surface area contributed by atoms with Gasteiger partial charge in [0.15, 0.2) is 17.4 Å². The minimum absolute atomic E-state index is 0.0250. The van der Waals surface area contributed by atoms with Gasteiger partial charge in [0.25, 0.3) is 0 Å². The van der Waals surface area contributed by atoms with Crippen molar-refractivity contribution in [1.29, 1.82) is 0 Å². The van der Waals surface area contributed by atoms with E-state index in [1.807, 2.05) is 13.8 Å². The molecule has 0 aliphatic carbocycles. The summed E-state index contributed by atoms with van der Waals surface area (Å²) in [6, 6.07) is 2.31. The van der Waals surface area contributed by atoms with Crippen LogP contribution in [0.5, 0.6) is 5.75 Å². The summed E-state index contributed by atoms with van der Waals surface area (Å²) in [5, 5.41) is 8.32. The maximum atomic E-state index is 14.6. The number of methoxy groups -OCH3 is 2. The van der Waals surface area contributed by atoms with E-state index in [0.29, 0.717) is 13.0 Å². The van der Waals surface area contributed by atoms with Gasteiger partial charge >= 0.3 is 0 Å². The van der Waals surface area contributed by atoms with Crippen LogP contribution in [0.2, 0.25) is 0 Å². The standard InChI is InChI=1S/C22H27F2N3O5/c1-6-7-15-20(29-5)19(21-16(31-15)11-30-22(2,3)32-21)27-10-13(25-26-27)12-8-9-14(28-4)18(24)17(12)23/h6,8-10,15-16,19-21H,1,7,11H2,2-5H3/t15-,16-,19-,20+,21+/m1/s1. The predicted octanol–water partition coefficient (Wildman–Crippen LogP) is 3.28. The summed E-state index contributed by atoms with van der Waals surface area (Å²) in [6.45, 7) is 7.77. The lowest BCUT2D eigenvalue weighted by Crippen LogP contribution is -2.62. The number of ether oxygens (including phenoxy) is 5. The average molecular weight is 451 g/mol. The van der Waals surface area contributed by atoms with Crippen molar-refractivity contribution in [3.8, 4) is 17.0 Å². The van der Waals surface area contributed by atoms with Crippen LogP contribution < -0.4 is 4.74 Å². The minimum Gasteiger partial charge on any atom is -0.494 e. The Morgan fingerprint density at radius 2 is 2.06 bits per heavy atom. The molecule has 2 aliphatic heterocycles. The fraction of sp³-hybridized carbons (Fsp3) is 0.545. The zero-order valence-corrected chi connectivity index (χ0v) is 18.5. The number of halogens is 2. The molecule has 2 fully saturated rings. The van der Waals surface area contributed by atoms with Gasteiger partial charge in [-0.2, -0.15) is 4.39 Å². The number of nitrogens with zero attached hydrogens (tertiary/aromatic N) is 3. The second-order valence-electron chi connectivity index (χ2n) is 8.25. The van der Waals surface area contributed by atoms with Crippen molar-refractivity contribution in [3.63, 3.8) is 0 Å². The van der Waals surface area contributed by atoms with Crippen LogP contribution in [0.25, 0.3) is 11.3 Å². The van der Waals surface area contributed by atoms with E-state index < -0.39 is 35.7 Å². The van der Waals surface area contributed by atoms with Gasteiger partial charge in [-0.1, -0.05) is 11.3 Å². The van der Waals surface area contributed by atoms with Crippen molar-refractivity contribution in [2.75, 3.05) is 20.8 Å². The molecule has 0 saturated carbocycles. The maximum Gasteiger partial charge on any atom is 0.201 e. The zero-order valence-electron chi connectivity index (χ0n) is 18.5. The molecule has 2 saturated heterocycles. The highest BCUT2D eigenvalue weighted by Crippen LogP contribution is 2.40. The van der Waals surface area contributed by atoms with Gasteiger partial charge in [-0.05, 0) is 32.4 Å². The van der Waals surface area contributed by atoms with Gasteiger partial charge < -0.3 is 23.7 Å². The Hall–Kier alpha value is -2.40. The van der Waals surface area contributed by atoms with E-state index in [2.05, 4.69) is 16.9 Å². The Kier molecular flexibility index (Phi) is 6.30. The van der Waals surface area contributed by atoms with E-state index in [9.17, 15) is 8.78 Å². The lowest BCUT2D eigenvalue weighted by molar-refractivity contribution is -0.349. The van der Waals surface area contributed by atoms with E-state index in [-0.39, 0.29) is 29.2 Å². The summed E-state index contributed by atoms with van der Waals surface area (Å²) in [5.74, 6) is -3.16. The molecular weight excluding hydrogens is 424 g/mol. The highest BCUT2D eigenvalue weighted by atomic mass is 19.2. The molecule has 0 unspecified atom stereocenters. The fourth-order valence-corrected chi connectivity index (χ4v) is 4.31. The summed E-state index contributed by atoms with van der Waals surface area (Å²) >= 11 is 0.